The summed E-state index contributed by atoms with van der Waals surface area (Å²) in [6.45, 7) is 1.23. The number of carbonyl (C=O) groups excluding carboxylic acids is 1. The number of anilines is 2. The molecule has 1 saturated heterocycles. The highest BCUT2D eigenvalue weighted by molar-refractivity contribution is 6.28. The number of nitrogens with zero attached hydrogens (tertiary/aromatic N) is 4. The van der Waals surface area contributed by atoms with Gasteiger partial charge in [-0.05, 0) is 50.9 Å². The first-order valence-electron chi connectivity index (χ1n) is 11.4. The standard InChI is InChI=1S/C21H33ClFN7O3/c1-29(2)15-8-5-9-30(12-15)18-16(23)17(25-20(22)26-18)27-28-19(31)14(11-24-21(32)33)10-13-6-3-4-7-13/h13-15,24H,3-12H2,1-2H3,(H,28,31)(H,32,33)(H,25,26,27)/t14-,15-/m1/s1. The molecule has 1 saturated carbocycles. The third-order valence-corrected chi connectivity index (χ3v) is 6.67. The number of aromatic nitrogens is 2. The van der Waals surface area contributed by atoms with Crippen LogP contribution in [0.4, 0.5) is 20.8 Å². The van der Waals surface area contributed by atoms with Gasteiger partial charge in [-0.2, -0.15) is 14.4 Å². The molecular formula is C21H33ClFN7O3. The molecule has 3 rings (SSSR count). The van der Waals surface area contributed by atoms with Crippen LogP contribution in [0.15, 0.2) is 0 Å². The first-order chi connectivity index (χ1) is 15.7. The van der Waals surface area contributed by atoms with E-state index in [-0.39, 0.29) is 29.5 Å². The number of nitrogens with one attached hydrogen (secondary N) is 3. The molecule has 1 aromatic heterocycles. The molecule has 2 heterocycles. The maximum atomic E-state index is 15.3. The second-order valence-electron chi connectivity index (χ2n) is 9.07. The minimum atomic E-state index is -1.19. The van der Waals surface area contributed by atoms with E-state index in [1.165, 1.54) is 0 Å². The van der Waals surface area contributed by atoms with Gasteiger partial charge in [-0.3, -0.25) is 15.6 Å². The van der Waals surface area contributed by atoms with Crippen molar-refractivity contribution < 1.29 is 19.1 Å². The average Bonchev–Trinajstić information content (AvgIpc) is 3.29. The van der Waals surface area contributed by atoms with E-state index >= 15 is 4.39 Å². The van der Waals surface area contributed by atoms with E-state index in [4.69, 9.17) is 16.7 Å². The zero-order chi connectivity index (χ0) is 24.0. The van der Waals surface area contributed by atoms with Gasteiger partial charge in [0.25, 0.3) is 0 Å². The Kier molecular flexibility index (Phi) is 8.90. The van der Waals surface area contributed by atoms with Crippen LogP contribution in [0.1, 0.15) is 44.9 Å². The molecule has 2 aliphatic rings. The predicted molar refractivity (Wildman–Crippen MR) is 124 cm³/mol. The van der Waals surface area contributed by atoms with Crippen molar-refractivity contribution >= 4 is 35.2 Å². The summed E-state index contributed by atoms with van der Waals surface area (Å²) < 4.78 is 15.3. The summed E-state index contributed by atoms with van der Waals surface area (Å²) in [5.41, 5.74) is 5.02. The highest BCUT2D eigenvalue weighted by Gasteiger charge is 2.28. The summed E-state index contributed by atoms with van der Waals surface area (Å²) in [5.74, 6) is -1.48. The maximum Gasteiger partial charge on any atom is 0.404 e. The van der Waals surface area contributed by atoms with Crippen molar-refractivity contribution in [1.29, 1.82) is 0 Å². The van der Waals surface area contributed by atoms with E-state index in [9.17, 15) is 9.59 Å². The SMILES string of the molecule is CN(C)[C@@H]1CCCN(c2nc(Cl)nc(NNC(=O)[C@@H](CNC(=O)O)CC3CCCC3)c2F)C1. The van der Waals surface area contributed by atoms with Crippen LogP contribution in [0.2, 0.25) is 5.28 Å². The normalized spacial score (nSPS) is 20.0. The number of likely N-dealkylation sites (N-methyl/N-ethyl adjacent to an activating group) is 1. The number of hydrogen-bond acceptors (Lipinski definition) is 7. The Morgan fingerprint density at radius 2 is 1.97 bits per heavy atom. The number of rotatable bonds is 9. The number of carboxylic acid groups (broad SMARTS) is 1. The van der Waals surface area contributed by atoms with E-state index in [0.29, 0.717) is 25.4 Å². The minimum absolute atomic E-state index is 0.0166. The van der Waals surface area contributed by atoms with E-state index in [1.807, 2.05) is 19.0 Å². The molecule has 10 nitrogen and oxygen atoms in total. The molecule has 1 aromatic rings. The van der Waals surface area contributed by atoms with E-state index in [2.05, 4.69) is 31.0 Å². The summed E-state index contributed by atoms with van der Waals surface area (Å²) in [7, 11) is 3.97. The van der Waals surface area contributed by atoms with Crippen LogP contribution >= 0.6 is 11.6 Å². The molecule has 4 N–H and O–H groups in total. The third-order valence-electron chi connectivity index (χ3n) is 6.50. The molecule has 0 radical (unpaired) electrons. The number of amides is 2. The smallest absolute Gasteiger partial charge is 0.404 e. The van der Waals surface area contributed by atoms with Crippen LogP contribution in [0.25, 0.3) is 0 Å². The summed E-state index contributed by atoms with van der Waals surface area (Å²) in [5, 5.41) is 11.1. The topological polar surface area (TPSA) is 123 Å². The van der Waals surface area contributed by atoms with Gasteiger partial charge in [0.05, 0.1) is 5.92 Å². The van der Waals surface area contributed by atoms with Gasteiger partial charge in [-0.1, -0.05) is 25.7 Å². The van der Waals surface area contributed by atoms with Crippen molar-refractivity contribution in [3.63, 3.8) is 0 Å². The van der Waals surface area contributed by atoms with Gasteiger partial charge in [0.1, 0.15) is 0 Å². The van der Waals surface area contributed by atoms with Gasteiger partial charge in [0, 0.05) is 25.7 Å². The van der Waals surface area contributed by atoms with Crippen LogP contribution in [-0.2, 0) is 4.79 Å². The van der Waals surface area contributed by atoms with Gasteiger partial charge in [0.2, 0.25) is 17.0 Å². The van der Waals surface area contributed by atoms with Gasteiger partial charge in [0.15, 0.2) is 11.6 Å². The molecule has 184 valence electrons. The Balaban J connectivity index is 1.68. The van der Waals surface area contributed by atoms with Crippen molar-refractivity contribution in [3.05, 3.63) is 11.1 Å². The Bertz CT molecular complexity index is 838. The number of hydrazine groups is 1. The van der Waals surface area contributed by atoms with Crippen LogP contribution in [0, 0.1) is 17.7 Å². The van der Waals surface area contributed by atoms with Crippen molar-refractivity contribution in [3.8, 4) is 0 Å². The first-order valence-corrected chi connectivity index (χ1v) is 11.8. The summed E-state index contributed by atoms with van der Waals surface area (Å²) in [6, 6.07) is 0.265. The zero-order valence-corrected chi connectivity index (χ0v) is 19.9. The maximum absolute atomic E-state index is 15.3. The summed E-state index contributed by atoms with van der Waals surface area (Å²) in [4.78, 5) is 35.7. The Hall–Kier alpha value is -2.40. The third kappa shape index (κ3) is 7.04. The lowest BCUT2D eigenvalue weighted by molar-refractivity contribution is -0.124. The summed E-state index contributed by atoms with van der Waals surface area (Å²) >= 11 is 6.06. The lowest BCUT2D eigenvalue weighted by Crippen LogP contribution is -2.46. The molecule has 2 fully saturated rings. The van der Waals surface area contributed by atoms with Crippen molar-refractivity contribution in [2.75, 3.05) is 44.1 Å². The molecule has 1 aliphatic heterocycles. The molecule has 33 heavy (non-hydrogen) atoms. The predicted octanol–water partition coefficient (Wildman–Crippen LogP) is 2.71. The fourth-order valence-corrected chi connectivity index (χ4v) is 4.80. The Morgan fingerprint density at radius 3 is 2.64 bits per heavy atom. The van der Waals surface area contributed by atoms with Gasteiger partial charge >= 0.3 is 6.09 Å². The van der Waals surface area contributed by atoms with Crippen LogP contribution in [0.3, 0.4) is 0 Å². The van der Waals surface area contributed by atoms with Crippen molar-refractivity contribution in [2.45, 2.75) is 51.0 Å². The number of halogens is 2. The highest BCUT2D eigenvalue weighted by Crippen LogP contribution is 2.31. The molecule has 0 unspecified atom stereocenters. The molecule has 12 heteroatoms. The van der Waals surface area contributed by atoms with Crippen LogP contribution in [-0.4, -0.2) is 71.7 Å². The second-order valence-corrected chi connectivity index (χ2v) is 9.41. The molecule has 0 aromatic carbocycles. The van der Waals surface area contributed by atoms with Crippen LogP contribution in [0.5, 0.6) is 0 Å². The average molecular weight is 486 g/mol. The minimum Gasteiger partial charge on any atom is -0.465 e. The largest absolute Gasteiger partial charge is 0.465 e. The first kappa shape index (κ1) is 25.2. The number of hydrogen-bond donors (Lipinski definition) is 4. The molecule has 0 spiro atoms. The Labute approximate surface area is 198 Å². The Morgan fingerprint density at radius 1 is 1.24 bits per heavy atom. The van der Waals surface area contributed by atoms with Crippen molar-refractivity contribution in [2.24, 2.45) is 11.8 Å². The van der Waals surface area contributed by atoms with Gasteiger partial charge in [-0.15, -0.1) is 0 Å². The lowest BCUT2D eigenvalue weighted by Gasteiger charge is -2.37. The number of piperidine rings is 1. The summed E-state index contributed by atoms with van der Waals surface area (Å²) in [6.07, 6.45) is 5.54. The fraction of sp³-hybridized carbons (Fsp3) is 0.714. The molecule has 2 amide bonds. The highest BCUT2D eigenvalue weighted by atomic mass is 35.5. The van der Waals surface area contributed by atoms with Crippen LogP contribution < -0.4 is 21.1 Å². The fourth-order valence-electron chi connectivity index (χ4n) is 4.63. The van der Waals surface area contributed by atoms with E-state index in [0.717, 1.165) is 38.5 Å². The van der Waals surface area contributed by atoms with Crippen molar-refractivity contribution in [1.82, 2.24) is 25.6 Å². The van der Waals surface area contributed by atoms with Gasteiger partial charge < -0.3 is 20.2 Å². The molecule has 1 aliphatic carbocycles. The molecular weight excluding hydrogens is 453 g/mol. The second kappa shape index (κ2) is 11.6. The van der Waals surface area contributed by atoms with E-state index in [1.54, 1.807) is 0 Å². The lowest BCUT2D eigenvalue weighted by atomic mass is 9.92. The molecule has 0 bridgehead atoms. The number of carbonyl (C=O) groups is 2. The zero-order valence-electron chi connectivity index (χ0n) is 19.1. The van der Waals surface area contributed by atoms with Gasteiger partial charge in [-0.25, -0.2) is 4.79 Å². The van der Waals surface area contributed by atoms with E-state index < -0.39 is 23.7 Å². The molecule has 2 atom stereocenters. The monoisotopic (exact) mass is 485 g/mol. The quantitative estimate of drug-likeness (QED) is 0.311.